The van der Waals surface area contributed by atoms with Crippen molar-refractivity contribution in [1.82, 2.24) is 5.32 Å². The van der Waals surface area contributed by atoms with E-state index < -0.39 is 0 Å². The summed E-state index contributed by atoms with van der Waals surface area (Å²) in [6, 6.07) is 9.55. The van der Waals surface area contributed by atoms with Gasteiger partial charge in [-0.15, -0.1) is 0 Å². The van der Waals surface area contributed by atoms with Crippen molar-refractivity contribution in [3.8, 4) is 0 Å². The van der Waals surface area contributed by atoms with Crippen LogP contribution in [0.4, 0.5) is 11.4 Å². The molecule has 2 rings (SSSR count). The van der Waals surface area contributed by atoms with Crippen molar-refractivity contribution in [3.63, 3.8) is 0 Å². The van der Waals surface area contributed by atoms with Crippen molar-refractivity contribution in [1.29, 1.82) is 0 Å². The Bertz CT molecular complexity index is 416. The molecule has 20 heavy (non-hydrogen) atoms. The SMILES string of the molecule is CCCNC1CCN(c2cccc(N(C)C)c2)CC1C. The van der Waals surface area contributed by atoms with Crippen molar-refractivity contribution in [2.24, 2.45) is 5.92 Å². The second-order valence-electron chi connectivity index (χ2n) is 6.19. The summed E-state index contributed by atoms with van der Waals surface area (Å²) in [5.41, 5.74) is 2.64. The van der Waals surface area contributed by atoms with Crippen LogP contribution in [0.25, 0.3) is 0 Å². The molecule has 2 atom stereocenters. The normalized spacial score (nSPS) is 22.9. The Labute approximate surface area is 124 Å². The van der Waals surface area contributed by atoms with Crippen molar-refractivity contribution in [2.45, 2.75) is 32.7 Å². The molecule has 1 aromatic rings. The predicted octanol–water partition coefficient (Wildman–Crippen LogP) is 2.97. The third-order valence-corrected chi connectivity index (χ3v) is 4.27. The van der Waals surface area contributed by atoms with Crippen molar-refractivity contribution in [3.05, 3.63) is 24.3 Å². The Morgan fingerprint density at radius 2 is 2.15 bits per heavy atom. The molecule has 0 radical (unpaired) electrons. The Morgan fingerprint density at radius 1 is 1.35 bits per heavy atom. The van der Waals surface area contributed by atoms with E-state index >= 15 is 0 Å². The monoisotopic (exact) mass is 275 g/mol. The van der Waals surface area contributed by atoms with Crippen LogP contribution in [0, 0.1) is 5.92 Å². The number of piperidine rings is 1. The highest BCUT2D eigenvalue weighted by molar-refractivity contribution is 5.59. The minimum atomic E-state index is 0.684. The molecule has 1 fully saturated rings. The molecule has 0 bridgehead atoms. The summed E-state index contributed by atoms with van der Waals surface area (Å²) < 4.78 is 0. The topological polar surface area (TPSA) is 18.5 Å². The first-order valence-corrected chi connectivity index (χ1v) is 7.87. The van der Waals surface area contributed by atoms with E-state index in [4.69, 9.17) is 0 Å². The first-order valence-electron chi connectivity index (χ1n) is 7.87. The van der Waals surface area contributed by atoms with Gasteiger partial charge in [-0.2, -0.15) is 0 Å². The van der Waals surface area contributed by atoms with Gasteiger partial charge < -0.3 is 15.1 Å². The number of rotatable bonds is 5. The van der Waals surface area contributed by atoms with E-state index in [1.807, 2.05) is 0 Å². The highest BCUT2D eigenvalue weighted by Gasteiger charge is 2.25. The number of nitrogens with one attached hydrogen (secondary N) is 1. The summed E-state index contributed by atoms with van der Waals surface area (Å²) in [6.07, 6.45) is 2.46. The highest BCUT2D eigenvalue weighted by atomic mass is 15.2. The van der Waals surface area contributed by atoms with Crippen LogP contribution in [-0.2, 0) is 0 Å². The smallest absolute Gasteiger partial charge is 0.0387 e. The molecule has 0 amide bonds. The molecule has 0 saturated carbocycles. The van der Waals surface area contributed by atoms with Crippen LogP contribution in [0.5, 0.6) is 0 Å². The van der Waals surface area contributed by atoms with E-state index in [2.05, 4.69) is 67.3 Å². The highest BCUT2D eigenvalue weighted by Crippen LogP contribution is 2.26. The van der Waals surface area contributed by atoms with Gasteiger partial charge in [0.05, 0.1) is 0 Å². The third kappa shape index (κ3) is 3.66. The van der Waals surface area contributed by atoms with Crippen LogP contribution in [-0.4, -0.2) is 39.8 Å². The molecule has 112 valence electrons. The molecule has 1 heterocycles. The van der Waals surface area contributed by atoms with Crippen molar-refractivity contribution >= 4 is 11.4 Å². The first-order chi connectivity index (χ1) is 9.61. The van der Waals surface area contributed by atoms with Gasteiger partial charge in [0.15, 0.2) is 0 Å². The molecule has 1 aromatic carbocycles. The summed E-state index contributed by atoms with van der Waals surface area (Å²) in [5, 5.41) is 3.69. The third-order valence-electron chi connectivity index (χ3n) is 4.27. The predicted molar refractivity (Wildman–Crippen MR) is 88.8 cm³/mol. The minimum Gasteiger partial charge on any atom is -0.378 e. The zero-order chi connectivity index (χ0) is 14.5. The molecule has 1 saturated heterocycles. The molecular formula is C17H29N3. The summed E-state index contributed by atoms with van der Waals surface area (Å²) in [5.74, 6) is 0.707. The second kappa shape index (κ2) is 6.98. The molecule has 1 aliphatic rings. The molecule has 1 aliphatic heterocycles. The number of anilines is 2. The lowest BCUT2D eigenvalue weighted by atomic mass is 9.93. The van der Waals surface area contributed by atoms with Crippen LogP contribution in [0.3, 0.4) is 0 Å². The van der Waals surface area contributed by atoms with Gasteiger partial charge in [-0.3, -0.25) is 0 Å². The average Bonchev–Trinajstić information content (AvgIpc) is 2.46. The zero-order valence-electron chi connectivity index (χ0n) is 13.4. The number of hydrogen-bond donors (Lipinski definition) is 1. The fourth-order valence-electron chi connectivity index (χ4n) is 2.98. The quantitative estimate of drug-likeness (QED) is 0.891. The van der Waals surface area contributed by atoms with E-state index in [1.165, 1.54) is 24.2 Å². The van der Waals surface area contributed by atoms with E-state index in [-0.39, 0.29) is 0 Å². The van der Waals surface area contributed by atoms with Gasteiger partial charge in [0.25, 0.3) is 0 Å². The number of nitrogens with zero attached hydrogens (tertiary/aromatic N) is 2. The second-order valence-corrected chi connectivity index (χ2v) is 6.19. The maximum Gasteiger partial charge on any atom is 0.0387 e. The molecule has 0 aliphatic carbocycles. The van der Waals surface area contributed by atoms with Crippen molar-refractivity contribution in [2.75, 3.05) is 43.5 Å². The Balaban J connectivity index is 2.00. The van der Waals surface area contributed by atoms with Gasteiger partial charge in [0.2, 0.25) is 0 Å². The van der Waals surface area contributed by atoms with Gasteiger partial charge in [0.1, 0.15) is 0 Å². The van der Waals surface area contributed by atoms with Gasteiger partial charge in [-0.05, 0) is 43.5 Å². The summed E-state index contributed by atoms with van der Waals surface area (Å²) in [7, 11) is 4.20. The van der Waals surface area contributed by atoms with Crippen LogP contribution in [0.1, 0.15) is 26.7 Å². The number of hydrogen-bond acceptors (Lipinski definition) is 3. The molecular weight excluding hydrogens is 246 g/mol. The van der Waals surface area contributed by atoms with Crippen LogP contribution >= 0.6 is 0 Å². The zero-order valence-corrected chi connectivity index (χ0v) is 13.4. The molecule has 0 aromatic heterocycles. The van der Waals surface area contributed by atoms with E-state index in [1.54, 1.807) is 0 Å². The fraction of sp³-hybridized carbons (Fsp3) is 0.647. The molecule has 3 heteroatoms. The van der Waals surface area contributed by atoms with Gasteiger partial charge in [-0.1, -0.05) is 19.9 Å². The lowest BCUT2D eigenvalue weighted by molar-refractivity contribution is 0.322. The van der Waals surface area contributed by atoms with E-state index in [9.17, 15) is 0 Å². The lowest BCUT2D eigenvalue weighted by Crippen LogP contribution is -2.48. The first kappa shape index (κ1) is 15.2. The standard InChI is InChI=1S/C17H29N3/c1-5-10-18-17-9-11-20(13-14(17)2)16-8-6-7-15(12-16)19(3)4/h6-8,12,14,17-18H,5,9-11,13H2,1-4H3. The minimum absolute atomic E-state index is 0.684. The van der Waals surface area contributed by atoms with Gasteiger partial charge in [-0.25, -0.2) is 0 Å². The lowest BCUT2D eigenvalue weighted by Gasteiger charge is -2.39. The summed E-state index contributed by atoms with van der Waals surface area (Å²) >= 11 is 0. The summed E-state index contributed by atoms with van der Waals surface area (Å²) in [4.78, 5) is 4.70. The Hall–Kier alpha value is -1.22. The van der Waals surface area contributed by atoms with E-state index in [0.717, 1.165) is 19.6 Å². The fourth-order valence-corrected chi connectivity index (χ4v) is 2.98. The number of benzene rings is 1. The Morgan fingerprint density at radius 3 is 2.80 bits per heavy atom. The van der Waals surface area contributed by atoms with Gasteiger partial charge >= 0.3 is 0 Å². The maximum atomic E-state index is 3.69. The Kier molecular flexibility index (Phi) is 5.30. The maximum absolute atomic E-state index is 3.69. The van der Waals surface area contributed by atoms with Crippen molar-refractivity contribution < 1.29 is 0 Å². The summed E-state index contributed by atoms with van der Waals surface area (Å²) in [6.45, 7) is 8.06. The average molecular weight is 275 g/mol. The molecule has 3 nitrogen and oxygen atoms in total. The van der Waals surface area contributed by atoms with E-state index in [0.29, 0.717) is 12.0 Å². The molecule has 0 spiro atoms. The van der Waals surface area contributed by atoms with Gasteiger partial charge in [0, 0.05) is 44.6 Å². The molecule has 2 unspecified atom stereocenters. The largest absolute Gasteiger partial charge is 0.378 e. The van der Waals surface area contributed by atoms with Crippen LogP contribution < -0.4 is 15.1 Å². The van der Waals surface area contributed by atoms with Crippen LogP contribution in [0.2, 0.25) is 0 Å². The van der Waals surface area contributed by atoms with Crippen LogP contribution in [0.15, 0.2) is 24.3 Å². The molecule has 1 N–H and O–H groups in total.